The number of hydrogen-bond acceptors (Lipinski definition) is 2. The quantitative estimate of drug-likeness (QED) is 0.575. The van der Waals surface area contributed by atoms with Crippen LogP contribution in [0.1, 0.15) is 38.8 Å². The summed E-state index contributed by atoms with van der Waals surface area (Å²) in [5.41, 5.74) is 2.04. The van der Waals surface area contributed by atoms with Gasteiger partial charge in [-0.1, -0.05) is 54.9 Å². The number of hydrogen-bond donors (Lipinski definition) is 1. The van der Waals surface area contributed by atoms with Crippen molar-refractivity contribution >= 4 is 29.2 Å². The highest BCUT2D eigenvalue weighted by atomic mass is 35.5. The summed E-state index contributed by atoms with van der Waals surface area (Å²) in [6, 6.07) is 17.8. The van der Waals surface area contributed by atoms with Crippen molar-refractivity contribution in [3.05, 3.63) is 99.8 Å². The summed E-state index contributed by atoms with van der Waals surface area (Å²) in [6.45, 7) is 2.03. The fraction of sp³-hybridized carbons (Fsp3) is 0.130. The summed E-state index contributed by atoms with van der Waals surface area (Å²) in [6.07, 6.45) is 0.667. The Morgan fingerprint density at radius 2 is 1.76 bits per heavy atom. The van der Waals surface area contributed by atoms with Crippen LogP contribution in [0, 0.1) is 5.82 Å². The number of carboxylic acid groups (broad SMARTS) is 1. The van der Waals surface area contributed by atoms with Gasteiger partial charge >= 0.3 is 5.97 Å². The van der Waals surface area contributed by atoms with Crippen LogP contribution in [0.4, 0.5) is 10.1 Å². The minimum atomic E-state index is -1.06. The molecule has 0 aliphatic carbocycles. The number of halogens is 2. The first-order chi connectivity index (χ1) is 13.9. The van der Waals surface area contributed by atoms with Crippen molar-refractivity contribution in [1.82, 2.24) is 0 Å². The molecule has 3 aromatic carbocycles. The number of para-hydroxylation sites is 1. The average Bonchev–Trinajstić information content (AvgIpc) is 2.72. The van der Waals surface area contributed by atoms with Gasteiger partial charge in [-0.3, -0.25) is 4.79 Å². The number of carbonyl (C=O) groups is 2. The number of carbonyl (C=O) groups excluding carboxylic acids is 1. The standard InChI is InChI=1S/C23H19ClFNO3/c1-2-16-8-3-4-12-20(16)26(14-15-7-5-9-17(13-15)23(28)29)22(27)21-18(24)10-6-11-19(21)25/h3-13H,2,14H2,1H3,(H,28,29). The molecule has 0 aromatic heterocycles. The van der Waals surface area contributed by atoms with Crippen LogP contribution in [0.2, 0.25) is 5.02 Å². The molecular weight excluding hydrogens is 393 g/mol. The van der Waals surface area contributed by atoms with E-state index >= 15 is 0 Å². The van der Waals surface area contributed by atoms with Gasteiger partial charge < -0.3 is 10.0 Å². The van der Waals surface area contributed by atoms with E-state index in [2.05, 4.69) is 0 Å². The van der Waals surface area contributed by atoms with Crippen LogP contribution in [0.5, 0.6) is 0 Å². The fourth-order valence-corrected chi connectivity index (χ4v) is 3.41. The molecular formula is C23H19ClFNO3. The third-order valence-electron chi connectivity index (χ3n) is 4.60. The van der Waals surface area contributed by atoms with Gasteiger partial charge in [0.15, 0.2) is 0 Å². The summed E-state index contributed by atoms with van der Waals surface area (Å²) in [7, 11) is 0. The molecule has 0 aliphatic heterocycles. The van der Waals surface area contributed by atoms with E-state index in [-0.39, 0.29) is 22.7 Å². The van der Waals surface area contributed by atoms with Gasteiger partial charge in [-0.05, 0) is 47.9 Å². The summed E-state index contributed by atoms with van der Waals surface area (Å²) in [5.74, 6) is -2.36. The van der Waals surface area contributed by atoms with Gasteiger partial charge in [0.2, 0.25) is 0 Å². The lowest BCUT2D eigenvalue weighted by molar-refractivity contribution is 0.0696. The lowest BCUT2D eigenvalue weighted by atomic mass is 10.1. The van der Waals surface area contributed by atoms with E-state index in [9.17, 15) is 19.1 Å². The Morgan fingerprint density at radius 1 is 1.03 bits per heavy atom. The van der Waals surface area contributed by atoms with Crippen LogP contribution in [0.3, 0.4) is 0 Å². The van der Waals surface area contributed by atoms with E-state index in [4.69, 9.17) is 11.6 Å². The van der Waals surface area contributed by atoms with Crippen molar-refractivity contribution in [3.63, 3.8) is 0 Å². The average molecular weight is 412 g/mol. The van der Waals surface area contributed by atoms with E-state index in [0.717, 1.165) is 5.56 Å². The third-order valence-corrected chi connectivity index (χ3v) is 4.91. The molecule has 148 valence electrons. The molecule has 6 heteroatoms. The Morgan fingerprint density at radius 3 is 2.45 bits per heavy atom. The van der Waals surface area contributed by atoms with Crippen LogP contribution in [-0.2, 0) is 13.0 Å². The Kier molecular flexibility index (Phi) is 6.29. The highest BCUT2D eigenvalue weighted by molar-refractivity contribution is 6.34. The summed E-state index contributed by atoms with van der Waals surface area (Å²) < 4.78 is 14.5. The van der Waals surface area contributed by atoms with Crippen LogP contribution in [-0.4, -0.2) is 17.0 Å². The molecule has 0 radical (unpaired) electrons. The second kappa shape index (κ2) is 8.88. The SMILES string of the molecule is CCc1ccccc1N(Cc1cccc(C(=O)O)c1)C(=O)c1c(F)cccc1Cl. The number of aryl methyl sites for hydroxylation is 1. The highest BCUT2D eigenvalue weighted by Gasteiger charge is 2.25. The zero-order valence-electron chi connectivity index (χ0n) is 15.7. The second-order valence-corrected chi connectivity index (χ2v) is 6.88. The van der Waals surface area contributed by atoms with Crippen molar-refractivity contribution in [2.24, 2.45) is 0 Å². The van der Waals surface area contributed by atoms with Gasteiger partial charge in [-0.2, -0.15) is 0 Å². The van der Waals surface area contributed by atoms with Gasteiger partial charge in [0.25, 0.3) is 5.91 Å². The first-order valence-corrected chi connectivity index (χ1v) is 9.46. The topological polar surface area (TPSA) is 57.6 Å². The first kappa shape index (κ1) is 20.6. The zero-order chi connectivity index (χ0) is 21.0. The molecule has 0 fully saturated rings. The van der Waals surface area contributed by atoms with Gasteiger partial charge in [-0.15, -0.1) is 0 Å². The maximum absolute atomic E-state index is 14.5. The monoisotopic (exact) mass is 411 g/mol. The number of benzene rings is 3. The molecule has 0 atom stereocenters. The van der Waals surface area contributed by atoms with E-state index in [1.807, 2.05) is 19.1 Å². The summed E-state index contributed by atoms with van der Waals surface area (Å²) in [4.78, 5) is 26.1. The van der Waals surface area contributed by atoms with Gasteiger partial charge in [-0.25, -0.2) is 9.18 Å². The van der Waals surface area contributed by atoms with Gasteiger partial charge in [0.05, 0.1) is 22.7 Å². The Bertz CT molecular complexity index is 1050. The molecule has 0 unspecified atom stereocenters. The molecule has 0 aliphatic rings. The third kappa shape index (κ3) is 4.46. The predicted octanol–water partition coefficient (Wildman–Crippen LogP) is 5.59. The first-order valence-electron chi connectivity index (χ1n) is 9.08. The number of nitrogens with zero attached hydrogens (tertiary/aromatic N) is 1. The molecule has 1 amide bonds. The van der Waals surface area contributed by atoms with Crippen LogP contribution in [0.25, 0.3) is 0 Å². The van der Waals surface area contributed by atoms with Crippen molar-refractivity contribution in [2.75, 3.05) is 4.90 Å². The normalized spacial score (nSPS) is 10.6. The maximum atomic E-state index is 14.5. The smallest absolute Gasteiger partial charge is 0.335 e. The zero-order valence-corrected chi connectivity index (χ0v) is 16.5. The van der Waals surface area contributed by atoms with E-state index < -0.39 is 17.7 Å². The van der Waals surface area contributed by atoms with Crippen molar-refractivity contribution < 1.29 is 19.1 Å². The molecule has 0 saturated heterocycles. The Labute approximate surface area is 173 Å². The lowest BCUT2D eigenvalue weighted by Crippen LogP contribution is -2.32. The number of rotatable bonds is 6. The van der Waals surface area contributed by atoms with Crippen molar-refractivity contribution in [3.8, 4) is 0 Å². The number of aromatic carboxylic acids is 1. The molecule has 3 aromatic rings. The number of anilines is 1. The molecule has 29 heavy (non-hydrogen) atoms. The molecule has 0 bridgehead atoms. The predicted molar refractivity (Wildman–Crippen MR) is 111 cm³/mol. The van der Waals surface area contributed by atoms with Crippen LogP contribution < -0.4 is 4.90 Å². The molecule has 3 rings (SSSR count). The minimum Gasteiger partial charge on any atom is -0.478 e. The van der Waals surface area contributed by atoms with Crippen LogP contribution >= 0.6 is 11.6 Å². The van der Waals surface area contributed by atoms with Crippen molar-refractivity contribution in [2.45, 2.75) is 19.9 Å². The molecule has 0 saturated carbocycles. The van der Waals surface area contributed by atoms with Crippen molar-refractivity contribution in [1.29, 1.82) is 0 Å². The summed E-state index contributed by atoms with van der Waals surface area (Å²) in [5, 5.41) is 9.28. The molecule has 0 spiro atoms. The fourth-order valence-electron chi connectivity index (χ4n) is 3.16. The number of carboxylic acids is 1. The highest BCUT2D eigenvalue weighted by Crippen LogP contribution is 2.28. The largest absolute Gasteiger partial charge is 0.478 e. The van der Waals surface area contributed by atoms with E-state index in [1.54, 1.807) is 24.3 Å². The number of amides is 1. The molecule has 4 nitrogen and oxygen atoms in total. The Hall–Kier alpha value is -3.18. The van der Waals surface area contributed by atoms with Gasteiger partial charge in [0.1, 0.15) is 5.82 Å². The molecule has 1 N–H and O–H groups in total. The lowest BCUT2D eigenvalue weighted by Gasteiger charge is -2.26. The minimum absolute atomic E-state index is 0.0215. The Balaban J connectivity index is 2.11. The maximum Gasteiger partial charge on any atom is 0.335 e. The van der Waals surface area contributed by atoms with Gasteiger partial charge in [0, 0.05) is 5.69 Å². The summed E-state index contributed by atoms with van der Waals surface area (Å²) >= 11 is 6.13. The van der Waals surface area contributed by atoms with E-state index in [0.29, 0.717) is 17.7 Å². The van der Waals surface area contributed by atoms with Crippen LogP contribution in [0.15, 0.2) is 66.7 Å². The van der Waals surface area contributed by atoms with E-state index in [1.165, 1.54) is 35.2 Å². The second-order valence-electron chi connectivity index (χ2n) is 6.48. The molecule has 0 heterocycles.